The van der Waals surface area contributed by atoms with Crippen LogP contribution in [0.3, 0.4) is 0 Å². The second-order valence-corrected chi connectivity index (χ2v) is 6.34. The molecular formula is C21H18N4O4. The van der Waals surface area contributed by atoms with Crippen LogP contribution in [0.5, 0.6) is 11.5 Å². The number of rotatable bonds is 5. The summed E-state index contributed by atoms with van der Waals surface area (Å²) < 4.78 is 10.5. The Hall–Kier alpha value is -4.07. The van der Waals surface area contributed by atoms with Crippen LogP contribution in [-0.4, -0.2) is 23.6 Å². The minimum absolute atomic E-state index is 0.120. The molecule has 0 aliphatic carbocycles. The van der Waals surface area contributed by atoms with Crippen LogP contribution >= 0.6 is 0 Å². The molecule has 0 saturated carbocycles. The van der Waals surface area contributed by atoms with E-state index in [-0.39, 0.29) is 18.6 Å². The zero-order valence-electron chi connectivity index (χ0n) is 15.6. The molecule has 2 amide bonds. The monoisotopic (exact) mass is 390 g/mol. The highest BCUT2D eigenvalue weighted by atomic mass is 16.7. The molecule has 0 fully saturated rings. The van der Waals surface area contributed by atoms with Crippen LogP contribution in [0, 0.1) is 0 Å². The zero-order chi connectivity index (χ0) is 20.2. The number of anilines is 4. The fourth-order valence-electron chi connectivity index (χ4n) is 2.77. The highest BCUT2D eigenvalue weighted by Gasteiger charge is 2.16. The molecule has 0 radical (unpaired) electrons. The third-order valence-corrected chi connectivity index (χ3v) is 4.13. The minimum Gasteiger partial charge on any atom is -0.454 e. The molecule has 2 aromatic carbocycles. The van der Waals surface area contributed by atoms with Gasteiger partial charge in [-0.2, -0.15) is 0 Å². The van der Waals surface area contributed by atoms with E-state index in [1.165, 1.54) is 6.92 Å². The number of benzene rings is 2. The largest absolute Gasteiger partial charge is 0.454 e. The van der Waals surface area contributed by atoms with E-state index in [1.807, 2.05) is 12.1 Å². The third-order valence-electron chi connectivity index (χ3n) is 4.13. The van der Waals surface area contributed by atoms with Crippen LogP contribution in [0.2, 0.25) is 0 Å². The Morgan fingerprint density at radius 2 is 1.59 bits per heavy atom. The van der Waals surface area contributed by atoms with Crippen LogP contribution in [0.15, 0.2) is 60.8 Å². The maximum Gasteiger partial charge on any atom is 0.255 e. The minimum atomic E-state index is -0.264. The smallest absolute Gasteiger partial charge is 0.255 e. The standard InChI is InChI=1S/C21H18N4O4/c1-13(26)23-15-3-5-16(6-4-15)24-20-9-7-17(11-22-20)25-21(27)14-2-8-18-19(10-14)29-12-28-18/h2-11H,12H2,1H3,(H,22,24)(H,23,26)(H,25,27). The summed E-state index contributed by atoms with van der Waals surface area (Å²) in [5.74, 6) is 1.42. The van der Waals surface area contributed by atoms with E-state index in [2.05, 4.69) is 20.9 Å². The number of carbonyl (C=O) groups excluding carboxylic acids is 2. The Morgan fingerprint density at radius 1 is 0.862 bits per heavy atom. The lowest BCUT2D eigenvalue weighted by Crippen LogP contribution is -2.12. The van der Waals surface area contributed by atoms with Crippen molar-refractivity contribution in [3.63, 3.8) is 0 Å². The van der Waals surface area contributed by atoms with E-state index in [4.69, 9.17) is 9.47 Å². The molecule has 0 unspecified atom stereocenters. The summed E-state index contributed by atoms with van der Waals surface area (Å²) in [4.78, 5) is 27.8. The quantitative estimate of drug-likeness (QED) is 0.613. The van der Waals surface area contributed by atoms with Gasteiger partial charge in [0, 0.05) is 23.9 Å². The van der Waals surface area contributed by atoms with Crippen molar-refractivity contribution >= 4 is 34.7 Å². The Kier molecular flexibility index (Phi) is 4.98. The molecular weight excluding hydrogens is 372 g/mol. The fraction of sp³-hybridized carbons (Fsp3) is 0.0952. The van der Waals surface area contributed by atoms with Crippen molar-refractivity contribution in [3.8, 4) is 11.5 Å². The van der Waals surface area contributed by atoms with Gasteiger partial charge in [-0.05, 0) is 54.6 Å². The van der Waals surface area contributed by atoms with Crippen molar-refractivity contribution in [2.75, 3.05) is 22.7 Å². The molecule has 0 bridgehead atoms. The Balaban J connectivity index is 1.37. The number of ether oxygens (including phenoxy) is 2. The molecule has 4 rings (SSSR count). The Morgan fingerprint density at radius 3 is 2.31 bits per heavy atom. The molecule has 1 aliphatic heterocycles. The lowest BCUT2D eigenvalue weighted by molar-refractivity contribution is -0.114. The summed E-state index contributed by atoms with van der Waals surface area (Å²) in [6.07, 6.45) is 1.57. The topological polar surface area (TPSA) is 102 Å². The van der Waals surface area contributed by atoms with Gasteiger partial charge < -0.3 is 25.4 Å². The number of aromatic nitrogens is 1. The summed E-state index contributed by atoms with van der Waals surface area (Å²) in [5, 5.41) is 8.67. The average Bonchev–Trinajstić information content (AvgIpc) is 3.18. The average molecular weight is 390 g/mol. The first-order valence-electron chi connectivity index (χ1n) is 8.88. The van der Waals surface area contributed by atoms with E-state index in [0.29, 0.717) is 28.6 Å². The van der Waals surface area contributed by atoms with E-state index in [1.54, 1.807) is 48.7 Å². The van der Waals surface area contributed by atoms with Gasteiger partial charge in [0.25, 0.3) is 5.91 Å². The van der Waals surface area contributed by atoms with Crippen LogP contribution in [0.25, 0.3) is 0 Å². The Labute approximate surface area is 166 Å². The molecule has 3 aromatic rings. The number of hydrogen-bond donors (Lipinski definition) is 3. The highest BCUT2D eigenvalue weighted by molar-refractivity contribution is 6.04. The van der Waals surface area contributed by atoms with Crippen LogP contribution in [-0.2, 0) is 4.79 Å². The van der Waals surface area contributed by atoms with Crippen molar-refractivity contribution in [1.29, 1.82) is 0 Å². The lowest BCUT2D eigenvalue weighted by atomic mass is 10.2. The molecule has 0 spiro atoms. The van der Waals surface area contributed by atoms with Gasteiger partial charge >= 0.3 is 0 Å². The van der Waals surface area contributed by atoms with Gasteiger partial charge in [-0.1, -0.05) is 0 Å². The predicted octanol–water partition coefficient (Wildman–Crippen LogP) is 3.76. The number of fused-ring (bicyclic) bond motifs is 1. The van der Waals surface area contributed by atoms with Gasteiger partial charge in [-0.25, -0.2) is 4.98 Å². The molecule has 3 N–H and O–H groups in total. The molecule has 1 aliphatic rings. The van der Waals surface area contributed by atoms with Gasteiger partial charge in [-0.15, -0.1) is 0 Å². The van der Waals surface area contributed by atoms with E-state index >= 15 is 0 Å². The highest BCUT2D eigenvalue weighted by Crippen LogP contribution is 2.32. The van der Waals surface area contributed by atoms with Gasteiger partial charge in [-0.3, -0.25) is 9.59 Å². The third kappa shape index (κ3) is 4.44. The zero-order valence-corrected chi connectivity index (χ0v) is 15.6. The molecule has 8 nitrogen and oxygen atoms in total. The van der Waals surface area contributed by atoms with Crippen LogP contribution in [0.1, 0.15) is 17.3 Å². The molecule has 0 atom stereocenters. The maximum atomic E-state index is 12.4. The molecule has 2 heterocycles. The van der Waals surface area contributed by atoms with Crippen molar-refractivity contribution in [1.82, 2.24) is 4.98 Å². The van der Waals surface area contributed by atoms with E-state index in [9.17, 15) is 9.59 Å². The summed E-state index contributed by atoms with van der Waals surface area (Å²) in [5.41, 5.74) is 2.58. The fourth-order valence-corrected chi connectivity index (χ4v) is 2.77. The number of amides is 2. The molecule has 146 valence electrons. The van der Waals surface area contributed by atoms with Gasteiger partial charge in [0.1, 0.15) is 5.82 Å². The summed E-state index contributed by atoms with van der Waals surface area (Å²) in [6, 6.07) is 15.8. The molecule has 0 saturated heterocycles. The van der Waals surface area contributed by atoms with Crippen molar-refractivity contribution in [2.24, 2.45) is 0 Å². The number of nitrogens with one attached hydrogen (secondary N) is 3. The van der Waals surface area contributed by atoms with Crippen molar-refractivity contribution in [3.05, 3.63) is 66.4 Å². The molecule has 1 aromatic heterocycles. The second-order valence-electron chi connectivity index (χ2n) is 6.34. The van der Waals surface area contributed by atoms with E-state index in [0.717, 1.165) is 11.4 Å². The lowest BCUT2D eigenvalue weighted by Gasteiger charge is -2.09. The number of nitrogens with zero attached hydrogens (tertiary/aromatic N) is 1. The van der Waals surface area contributed by atoms with Gasteiger partial charge in [0.15, 0.2) is 11.5 Å². The first kappa shape index (κ1) is 18.3. The first-order chi connectivity index (χ1) is 14.1. The van der Waals surface area contributed by atoms with Gasteiger partial charge in [0.2, 0.25) is 12.7 Å². The van der Waals surface area contributed by atoms with Crippen molar-refractivity contribution in [2.45, 2.75) is 6.92 Å². The summed E-state index contributed by atoms with van der Waals surface area (Å²) in [6.45, 7) is 1.62. The number of carbonyl (C=O) groups is 2. The normalized spacial score (nSPS) is 11.6. The summed E-state index contributed by atoms with van der Waals surface area (Å²) in [7, 11) is 0. The predicted molar refractivity (Wildman–Crippen MR) is 109 cm³/mol. The summed E-state index contributed by atoms with van der Waals surface area (Å²) >= 11 is 0. The SMILES string of the molecule is CC(=O)Nc1ccc(Nc2ccc(NC(=O)c3ccc4c(c3)OCO4)cn2)cc1. The maximum absolute atomic E-state index is 12.4. The second kappa shape index (κ2) is 7.89. The Bertz CT molecular complexity index is 1050. The van der Waals surface area contributed by atoms with Gasteiger partial charge in [0.05, 0.1) is 11.9 Å². The van der Waals surface area contributed by atoms with Crippen LogP contribution < -0.4 is 25.4 Å². The van der Waals surface area contributed by atoms with Crippen molar-refractivity contribution < 1.29 is 19.1 Å². The molecule has 8 heteroatoms. The van der Waals surface area contributed by atoms with E-state index < -0.39 is 0 Å². The van der Waals surface area contributed by atoms with Crippen LogP contribution in [0.4, 0.5) is 22.9 Å². The number of hydrogen-bond acceptors (Lipinski definition) is 6. The molecule has 29 heavy (non-hydrogen) atoms. The first-order valence-corrected chi connectivity index (χ1v) is 8.88. The number of pyridine rings is 1.